The lowest BCUT2D eigenvalue weighted by Crippen LogP contribution is -2.23. The van der Waals surface area contributed by atoms with Crippen molar-refractivity contribution in [3.63, 3.8) is 0 Å². The zero-order valence-electron chi connectivity index (χ0n) is 9.14. The Morgan fingerprint density at radius 2 is 2.12 bits per heavy atom. The van der Waals surface area contributed by atoms with Crippen molar-refractivity contribution in [2.45, 2.75) is 12.8 Å². The molecule has 5 heteroatoms. The summed E-state index contributed by atoms with van der Waals surface area (Å²) in [5, 5.41) is 9.03. The molecule has 1 saturated heterocycles. The second-order valence-electron chi connectivity index (χ2n) is 4.15. The first-order valence-corrected chi connectivity index (χ1v) is 5.45. The van der Waals surface area contributed by atoms with E-state index in [2.05, 4.69) is 0 Å². The monoisotopic (exact) mass is 241 g/mol. The normalized spacial score (nSPS) is 19.9. The van der Waals surface area contributed by atoms with Crippen molar-refractivity contribution in [3.05, 3.63) is 29.8 Å². The van der Waals surface area contributed by atoms with E-state index in [1.54, 1.807) is 23.1 Å². The summed E-state index contributed by atoms with van der Waals surface area (Å²) in [5.74, 6) is -1.68. The number of rotatable bonds is 3. The second-order valence-corrected chi connectivity index (χ2v) is 4.15. The number of carboxylic acid groups (broad SMARTS) is 1. The number of halogens is 2. The van der Waals surface area contributed by atoms with Crippen LogP contribution in [0.2, 0.25) is 0 Å². The Hall–Kier alpha value is -1.65. The lowest BCUT2D eigenvalue weighted by atomic mass is 10.1. The first-order valence-electron chi connectivity index (χ1n) is 5.45. The molecule has 0 unspecified atom stereocenters. The molecule has 1 aliphatic heterocycles. The number of anilines is 1. The maximum Gasteiger partial charge on any atom is 0.337 e. The Morgan fingerprint density at radius 3 is 2.71 bits per heavy atom. The molecule has 1 aliphatic rings. The number of hydrogen-bond acceptors (Lipinski definition) is 2. The van der Waals surface area contributed by atoms with Crippen molar-refractivity contribution in [1.82, 2.24) is 0 Å². The van der Waals surface area contributed by atoms with Gasteiger partial charge in [-0.05, 0) is 18.6 Å². The highest BCUT2D eigenvalue weighted by Gasteiger charge is 2.31. The van der Waals surface area contributed by atoms with E-state index in [0.29, 0.717) is 18.7 Å². The SMILES string of the molecule is O=C(O)c1ccccc1N1CC[C@@H](C(F)F)C1. The summed E-state index contributed by atoms with van der Waals surface area (Å²) in [4.78, 5) is 12.7. The van der Waals surface area contributed by atoms with Crippen LogP contribution in [0.5, 0.6) is 0 Å². The number of para-hydroxylation sites is 1. The Labute approximate surface area is 97.7 Å². The molecule has 0 aliphatic carbocycles. The number of nitrogens with zero attached hydrogens (tertiary/aromatic N) is 1. The van der Waals surface area contributed by atoms with E-state index in [4.69, 9.17) is 5.11 Å². The quantitative estimate of drug-likeness (QED) is 0.883. The molecule has 3 nitrogen and oxygen atoms in total. The standard InChI is InChI=1S/C12H13F2NO2/c13-11(14)8-5-6-15(7-8)10-4-2-1-3-9(10)12(16)17/h1-4,8,11H,5-7H2,(H,16,17)/t8-/m1/s1. The molecule has 1 fully saturated rings. The fourth-order valence-electron chi connectivity index (χ4n) is 2.14. The first-order chi connectivity index (χ1) is 8.09. The van der Waals surface area contributed by atoms with Crippen LogP contribution in [0.1, 0.15) is 16.8 Å². The number of aromatic carboxylic acids is 1. The van der Waals surface area contributed by atoms with Gasteiger partial charge >= 0.3 is 5.97 Å². The molecule has 1 N–H and O–H groups in total. The van der Waals surface area contributed by atoms with E-state index in [-0.39, 0.29) is 12.1 Å². The highest BCUT2D eigenvalue weighted by molar-refractivity contribution is 5.94. The molecule has 0 aromatic heterocycles. The molecule has 0 amide bonds. The Kier molecular flexibility index (Phi) is 3.26. The molecule has 0 bridgehead atoms. The van der Waals surface area contributed by atoms with Crippen molar-refractivity contribution in [2.75, 3.05) is 18.0 Å². The third kappa shape index (κ3) is 2.38. The third-order valence-corrected chi connectivity index (χ3v) is 3.06. The van der Waals surface area contributed by atoms with Gasteiger partial charge in [-0.1, -0.05) is 12.1 Å². The van der Waals surface area contributed by atoms with E-state index < -0.39 is 18.3 Å². The van der Waals surface area contributed by atoms with Crippen LogP contribution in [0.15, 0.2) is 24.3 Å². The van der Waals surface area contributed by atoms with Crippen LogP contribution in [0, 0.1) is 5.92 Å². The predicted molar refractivity (Wildman–Crippen MR) is 59.7 cm³/mol. The van der Waals surface area contributed by atoms with Crippen LogP contribution >= 0.6 is 0 Å². The summed E-state index contributed by atoms with van der Waals surface area (Å²) in [7, 11) is 0. The average Bonchev–Trinajstić information content (AvgIpc) is 2.78. The zero-order valence-corrected chi connectivity index (χ0v) is 9.14. The van der Waals surface area contributed by atoms with Crippen molar-refractivity contribution in [3.8, 4) is 0 Å². The van der Waals surface area contributed by atoms with Crippen LogP contribution in [0.4, 0.5) is 14.5 Å². The van der Waals surface area contributed by atoms with E-state index in [9.17, 15) is 13.6 Å². The molecule has 0 saturated carbocycles. The first kappa shape index (κ1) is 11.8. The average molecular weight is 241 g/mol. The molecule has 1 heterocycles. The topological polar surface area (TPSA) is 40.5 Å². The lowest BCUT2D eigenvalue weighted by molar-refractivity contribution is 0.0697. The molecule has 0 spiro atoms. The Bertz CT molecular complexity index is 423. The molecule has 92 valence electrons. The maximum atomic E-state index is 12.5. The van der Waals surface area contributed by atoms with Crippen LogP contribution in [-0.4, -0.2) is 30.6 Å². The minimum Gasteiger partial charge on any atom is -0.478 e. The summed E-state index contributed by atoms with van der Waals surface area (Å²) < 4.78 is 25.1. The van der Waals surface area contributed by atoms with Gasteiger partial charge in [0.25, 0.3) is 0 Å². The Morgan fingerprint density at radius 1 is 1.41 bits per heavy atom. The van der Waals surface area contributed by atoms with Crippen molar-refractivity contribution in [1.29, 1.82) is 0 Å². The second kappa shape index (κ2) is 4.69. The smallest absolute Gasteiger partial charge is 0.337 e. The Balaban J connectivity index is 2.21. The molecule has 1 atom stereocenters. The van der Waals surface area contributed by atoms with Gasteiger partial charge in [0.15, 0.2) is 0 Å². The molecular formula is C12H13F2NO2. The number of carbonyl (C=O) groups is 1. The number of carboxylic acids is 1. The van der Waals surface area contributed by atoms with Crippen LogP contribution in [0.3, 0.4) is 0 Å². The number of hydrogen-bond donors (Lipinski definition) is 1. The van der Waals surface area contributed by atoms with Gasteiger partial charge in [0.1, 0.15) is 0 Å². The summed E-state index contributed by atoms with van der Waals surface area (Å²) >= 11 is 0. The highest BCUT2D eigenvalue weighted by atomic mass is 19.3. The van der Waals surface area contributed by atoms with Gasteiger partial charge < -0.3 is 10.0 Å². The number of benzene rings is 1. The fourth-order valence-corrected chi connectivity index (χ4v) is 2.14. The van der Waals surface area contributed by atoms with Crippen LogP contribution in [-0.2, 0) is 0 Å². The molecule has 2 rings (SSSR count). The molecule has 0 radical (unpaired) electrons. The van der Waals surface area contributed by atoms with Crippen LogP contribution in [0.25, 0.3) is 0 Å². The molecule has 1 aromatic rings. The fraction of sp³-hybridized carbons (Fsp3) is 0.417. The van der Waals surface area contributed by atoms with E-state index in [1.165, 1.54) is 6.07 Å². The maximum absolute atomic E-state index is 12.5. The molecular weight excluding hydrogens is 228 g/mol. The zero-order chi connectivity index (χ0) is 12.4. The van der Waals surface area contributed by atoms with Crippen molar-refractivity contribution < 1.29 is 18.7 Å². The van der Waals surface area contributed by atoms with E-state index in [0.717, 1.165) is 0 Å². The summed E-state index contributed by atoms with van der Waals surface area (Å²) in [6, 6.07) is 6.51. The molecule has 1 aromatic carbocycles. The van der Waals surface area contributed by atoms with Gasteiger partial charge in [0.05, 0.1) is 11.3 Å². The van der Waals surface area contributed by atoms with Gasteiger partial charge in [0, 0.05) is 19.0 Å². The third-order valence-electron chi connectivity index (χ3n) is 3.06. The van der Waals surface area contributed by atoms with Crippen molar-refractivity contribution in [2.24, 2.45) is 5.92 Å². The van der Waals surface area contributed by atoms with Gasteiger partial charge in [-0.2, -0.15) is 0 Å². The van der Waals surface area contributed by atoms with Gasteiger partial charge in [-0.15, -0.1) is 0 Å². The minimum atomic E-state index is -2.34. The predicted octanol–water partition coefficient (Wildman–Crippen LogP) is 2.48. The summed E-state index contributed by atoms with van der Waals surface area (Å²) in [5.41, 5.74) is 0.700. The molecule has 17 heavy (non-hydrogen) atoms. The minimum absolute atomic E-state index is 0.169. The van der Waals surface area contributed by atoms with Gasteiger partial charge in [-0.25, -0.2) is 13.6 Å². The van der Waals surface area contributed by atoms with Crippen molar-refractivity contribution >= 4 is 11.7 Å². The summed E-state index contributed by atoms with van der Waals surface area (Å²) in [6.07, 6.45) is -1.93. The lowest BCUT2D eigenvalue weighted by Gasteiger charge is -2.20. The van der Waals surface area contributed by atoms with Crippen LogP contribution < -0.4 is 4.90 Å². The van der Waals surface area contributed by atoms with Gasteiger partial charge in [-0.3, -0.25) is 0 Å². The highest BCUT2D eigenvalue weighted by Crippen LogP contribution is 2.29. The summed E-state index contributed by atoms with van der Waals surface area (Å²) in [6.45, 7) is 0.710. The largest absolute Gasteiger partial charge is 0.478 e. The van der Waals surface area contributed by atoms with E-state index >= 15 is 0 Å². The number of alkyl halides is 2. The van der Waals surface area contributed by atoms with Gasteiger partial charge in [0.2, 0.25) is 6.43 Å². The van der Waals surface area contributed by atoms with E-state index in [1.807, 2.05) is 0 Å².